The van der Waals surface area contributed by atoms with E-state index in [1.807, 2.05) is 18.7 Å². The summed E-state index contributed by atoms with van der Waals surface area (Å²) in [6.07, 6.45) is 9.74. The molecule has 0 radical (unpaired) electrons. The van der Waals surface area contributed by atoms with Crippen LogP contribution in [0.15, 0.2) is 30.3 Å². The highest BCUT2D eigenvalue weighted by molar-refractivity contribution is 5.87. The molecule has 1 spiro atoms. The SMILES string of the molecule is CCC(C)[C@H](NC(=O)OC)C(=O)N1CCC[C@H]1c1nc2cc(-c3ccc(C)c4c3CCC43CCCC3)ccc2[nH]1. The Morgan fingerprint density at radius 1 is 1.18 bits per heavy atom. The number of benzene rings is 2. The summed E-state index contributed by atoms with van der Waals surface area (Å²) in [6, 6.07) is 10.4. The molecule has 2 aromatic carbocycles. The van der Waals surface area contributed by atoms with Crippen LogP contribution in [0, 0.1) is 12.8 Å². The van der Waals surface area contributed by atoms with Crippen LogP contribution in [0.4, 0.5) is 4.79 Å². The van der Waals surface area contributed by atoms with E-state index in [2.05, 4.69) is 47.6 Å². The maximum atomic E-state index is 13.7. The van der Waals surface area contributed by atoms with E-state index in [4.69, 9.17) is 9.72 Å². The number of aromatic nitrogens is 2. The van der Waals surface area contributed by atoms with Crippen LogP contribution in [0.25, 0.3) is 22.2 Å². The number of amides is 2. The van der Waals surface area contributed by atoms with Crippen molar-refractivity contribution in [2.75, 3.05) is 13.7 Å². The first kappa shape index (κ1) is 26.9. The number of hydrogen-bond acceptors (Lipinski definition) is 4. The first-order chi connectivity index (χ1) is 19.3. The Labute approximate surface area is 237 Å². The highest BCUT2D eigenvalue weighted by Gasteiger charge is 2.43. The van der Waals surface area contributed by atoms with Gasteiger partial charge in [0.1, 0.15) is 11.9 Å². The topological polar surface area (TPSA) is 87.3 Å². The van der Waals surface area contributed by atoms with E-state index in [-0.39, 0.29) is 17.9 Å². The fraction of sp³-hybridized carbons (Fsp3) is 0.545. The van der Waals surface area contributed by atoms with Gasteiger partial charge in [-0.25, -0.2) is 9.78 Å². The largest absolute Gasteiger partial charge is 0.453 e. The lowest BCUT2D eigenvalue weighted by Gasteiger charge is -2.30. The second-order valence-corrected chi connectivity index (χ2v) is 12.3. The van der Waals surface area contributed by atoms with Crippen LogP contribution in [-0.4, -0.2) is 46.6 Å². The number of carbonyl (C=O) groups excluding carboxylic acids is 2. The Kier molecular flexibility index (Phi) is 7.09. The molecule has 2 aliphatic carbocycles. The van der Waals surface area contributed by atoms with Crippen LogP contribution >= 0.6 is 0 Å². The number of fused-ring (bicyclic) bond motifs is 3. The second kappa shape index (κ2) is 10.6. The fourth-order valence-corrected chi connectivity index (χ4v) is 7.79. The zero-order valence-electron chi connectivity index (χ0n) is 24.3. The first-order valence-electron chi connectivity index (χ1n) is 15.1. The Morgan fingerprint density at radius 3 is 2.73 bits per heavy atom. The number of hydrogen-bond donors (Lipinski definition) is 2. The number of ether oxygens (including phenoxy) is 1. The zero-order chi connectivity index (χ0) is 28.0. The predicted octanol–water partition coefficient (Wildman–Crippen LogP) is 6.73. The van der Waals surface area contributed by atoms with Crippen molar-refractivity contribution in [3.63, 3.8) is 0 Å². The molecule has 1 aromatic heterocycles. The quantitative estimate of drug-likeness (QED) is 0.362. The number of aryl methyl sites for hydroxylation is 1. The van der Waals surface area contributed by atoms with Gasteiger partial charge in [0.05, 0.1) is 24.2 Å². The molecule has 2 amide bonds. The van der Waals surface area contributed by atoms with E-state index in [1.54, 1.807) is 11.1 Å². The summed E-state index contributed by atoms with van der Waals surface area (Å²) in [5, 5.41) is 2.78. The minimum Gasteiger partial charge on any atom is -0.453 e. The first-order valence-corrected chi connectivity index (χ1v) is 15.1. The molecule has 2 fully saturated rings. The van der Waals surface area contributed by atoms with Gasteiger partial charge >= 0.3 is 6.09 Å². The molecule has 7 nitrogen and oxygen atoms in total. The Balaban J connectivity index is 1.30. The van der Waals surface area contributed by atoms with Crippen LogP contribution in [0.1, 0.15) is 93.8 Å². The molecular weight excluding hydrogens is 500 g/mol. The Hall–Kier alpha value is -3.35. The van der Waals surface area contributed by atoms with E-state index in [0.717, 1.165) is 42.5 Å². The lowest BCUT2D eigenvalue weighted by molar-refractivity contribution is -0.135. The van der Waals surface area contributed by atoms with Crippen molar-refractivity contribution < 1.29 is 14.3 Å². The summed E-state index contributed by atoms with van der Waals surface area (Å²) in [6.45, 7) is 6.96. The van der Waals surface area contributed by atoms with Crippen LogP contribution in [-0.2, 0) is 21.4 Å². The highest BCUT2D eigenvalue weighted by Crippen LogP contribution is 2.53. The molecule has 1 saturated heterocycles. The smallest absolute Gasteiger partial charge is 0.407 e. The van der Waals surface area contributed by atoms with Crippen LogP contribution < -0.4 is 5.32 Å². The average Bonchev–Trinajstić information content (AvgIpc) is 3.77. The summed E-state index contributed by atoms with van der Waals surface area (Å²) < 4.78 is 4.81. The summed E-state index contributed by atoms with van der Waals surface area (Å²) in [4.78, 5) is 36.2. The monoisotopic (exact) mass is 542 g/mol. The molecule has 1 aliphatic heterocycles. The molecular formula is C33H42N4O3. The molecule has 3 atom stereocenters. The molecule has 3 aliphatic rings. The summed E-state index contributed by atoms with van der Waals surface area (Å²) >= 11 is 0. The normalized spacial score (nSPS) is 21.1. The third-order valence-corrected chi connectivity index (χ3v) is 10.1. The van der Waals surface area contributed by atoms with Gasteiger partial charge in [-0.1, -0.05) is 51.3 Å². The number of alkyl carbamates (subject to hydrolysis) is 1. The van der Waals surface area contributed by atoms with Gasteiger partial charge in [-0.3, -0.25) is 4.79 Å². The van der Waals surface area contributed by atoms with E-state index in [9.17, 15) is 9.59 Å². The minimum absolute atomic E-state index is 0.00862. The van der Waals surface area contributed by atoms with Gasteiger partial charge in [-0.2, -0.15) is 0 Å². The van der Waals surface area contributed by atoms with Crippen LogP contribution in [0.3, 0.4) is 0 Å². The molecule has 1 saturated carbocycles. The number of H-pyrrole nitrogens is 1. The predicted molar refractivity (Wildman–Crippen MR) is 157 cm³/mol. The van der Waals surface area contributed by atoms with Gasteiger partial charge < -0.3 is 19.9 Å². The lowest BCUT2D eigenvalue weighted by atomic mass is 9.77. The third-order valence-electron chi connectivity index (χ3n) is 10.1. The molecule has 7 heteroatoms. The molecule has 2 heterocycles. The summed E-state index contributed by atoms with van der Waals surface area (Å²) in [7, 11) is 1.33. The van der Waals surface area contributed by atoms with Crippen LogP contribution in [0.5, 0.6) is 0 Å². The van der Waals surface area contributed by atoms with Crippen molar-refractivity contribution in [1.82, 2.24) is 20.2 Å². The molecule has 212 valence electrons. The summed E-state index contributed by atoms with van der Waals surface area (Å²) in [5.74, 6) is 0.739. The van der Waals surface area contributed by atoms with Crippen molar-refractivity contribution in [2.45, 2.75) is 96.1 Å². The molecule has 40 heavy (non-hydrogen) atoms. The average molecular weight is 543 g/mol. The van der Waals surface area contributed by atoms with Crippen LogP contribution in [0.2, 0.25) is 0 Å². The number of imidazole rings is 1. The number of methoxy groups -OCH3 is 1. The second-order valence-electron chi connectivity index (χ2n) is 12.3. The standard InChI is InChI=1S/C33H42N4O3/c1-5-20(2)29(36-32(39)40-4)31(38)37-18-8-9-27(37)30-34-25-13-11-22(19-26(25)35-30)23-12-10-21(3)28-24(23)14-17-33(28)15-6-7-16-33/h10-13,19-20,27,29H,5-9,14-18H2,1-4H3,(H,34,35)(H,36,39)/t20?,27-,29-/m0/s1. The van der Waals surface area contributed by atoms with Gasteiger partial charge in [-0.05, 0) is 96.7 Å². The third kappa shape index (κ3) is 4.47. The van der Waals surface area contributed by atoms with Gasteiger partial charge in [0.2, 0.25) is 5.91 Å². The van der Waals surface area contributed by atoms with Crippen molar-refractivity contribution in [3.8, 4) is 11.1 Å². The van der Waals surface area contributed by atoms with Gasteiger partial charge in [0.15, 0.2) is 0 Å². The number of rotatable bonds is 6. The molecule has 1 unspecified atom stereocenters. The Bertz CT molecular complexity index is 1440. The number of nitrogens with one attached hydrogen (secondary N) is 2. The fourth-order valence-electron chi connectivity index (χ4n) is 7.79. The van der Waals surface area contributed by atoms with Crippen molar-refractivity contribution in [1.29, 1.82) is 0 Å². The van der Waals surface area contributed by atoms with E-state index in [0.29, 0.717) is 12.0 Å². The number of aromatic amines is 1. The van der Waals surface area contributed by atoms with E-state index >= 15 is 0 Å². The number of nitrogens with zero attached hydrogens (tertiary/aromatic N) is 2. The lowest BCUT2D eigenvalue weighted by Crippen LogP contribution is -2.51. The maximum absolute atomic E-state index is 13.7. The zero-order valence-corrected chi connectivity index (χ0v) is 24.3. The number of carbonyl (C=O) groups is 2. The molecule has 6 rings (SSSR count). The van der Waals surface area contributed by atoms with E-state index in [1.165, 1.54) is 55.9 Å². The molecule has 3 aromatic rings. The van der Waals surface area contributed by atoms with Gasteiger partial charge in [0.25, 0.3) is 0 Å². The minimum atomic E-state index is -0.624. The maximum Gasteiger partial charge on any atom is 0.407 e. The number of likely N-dealkylation sites (tertiary alicyclic amines) is 1. The highest BCUT2D eigenvalue weighted by atomic mass is 16.5. The van der Waals surface area contributed by atoms with Crippen molar-refractivity contribution in [3.05, 3.63) is 52.8 Å². The van der Waals surface area contributed by atoms with Gasteiger partial charge in [-0.15, -0.1) is 0 Å². The van der Waals surface area contributed by atoms with Gasteiger partial charge in [0, 0.05) is 6.54 Å². The summed E-state index contributed by atoms with van der Waals surface area (Å²) in [5.41, 5.74) is 9.49. The van der Waals surface area contributed by atoms with E-state index < -0.39 is 12.1 Å². The molecule has 0 bridgehead atoms. The Morgan fingerprint density at radius 2 is 1.98 bits per heavy atom. The molecule has 2 N–H and O–H groups in total. The van der Waals surface area contributed by atoms with Crippen molar-refractivity contribution >= 4 is 23.0 Å². The van der Waals surface area contributed by atoms with Crippen molar-refractivity contribution in [2.24, 2.45) is 5.92 Å².